The van der Waals surface area contributed by atoms with Gasteiger partial charge in [-0.25, -0.2) is 4.39 Å². The SMILES string of the molecule is CC[C@H](c1cc(Cl)ccc1F)N1CCNCC1. The minimum absolute atomic E-state index is 0.135. The molecule has 0 aromatic heterocycles. The van der Waals surface area contributed by atoms with Gasteiger partial charge in [0, 0.05) is 42.8 Å². The molecule has 1 N–H and O–H groups in total. The highest BCUT2D eigenvalue weighted by molar-refractivity contribution is 6.30. The number of nitrogens with zero attached hydrogens (tertiary/aromatic N) is 1. The number of halogens is 2. The van der Waals surface area contributed by atoms with Gasteiger partial charge in [0.15, 0.2) is 0 Å². The van der Waals surface area contributed by atoms with Crippen molar-refractivity contribution in [2.24, 2.45) is 0 Å². The maximum Gasteiger partial charge on any atom is 0.128 e. The van der Waals surface area contributed by atoms with Crippen LogP contribution in [0.15, 0.2) is 18.2 Å². The van der Waals surface area contributed by atoms with Crippen LogP contribution >= 0.6 is 11.6 Å². The number of hydrogen-bond donors (Lipinski definition) is 1. The number of hydrogen-bond acceptors (Lipinski definition) is 2. The van der Waals surface area contributed by atoms with Gasteiger partial charge in [0.1, 0.15) is 5.82 Å². The van der Waals surface area contributed by atoms with E-state index in [0.717, 1.165) is 38.2 Å². The maximum atomic E-state index is 13.9. The van der Waals surface area contributed by atoms with E-state index in [1.807, 2.05) is 0 Å². The molecule has 1 fully saturated rings. The molecule has 1 aliphatic rings. The molecule has 1 atom stereocenters. The minimum Gasteiger partial charge on any atom is -0.314 e. The normalized spacial score (nSPS) is 19.2. The molecular weight excluding hydrogens is 239 g/mol. The summed E-state index contributed by atoms with van der Waals surface area (Å²) in [5.74, 6) is -0.153. The second-order valence-corrected chi connectivity index (χ2v) is 4.81. The van der Waals surface area contributed by atoms with Crippen LogP contribution in [0.3, 0.4) is 0 Å². The van der Waals surface area contributed by atoms with Crippen LogP contribution in [0.2, 0.25) is 5.02 Å². The van der Waals surface area contributed by atoms with E-state index < -0.39 is 0 Å². The molecule has 0 spiro atoms. The van der Waals surface area contributed by atoms with Crippen molar-refractivity contribution >= 4 is 11.6 Å². The average molecular weight is 257 g/mol. The van der Waals surface area contributed by atoms with Gasteiger partial charge in [-0.2, -0.15) is 0 Å². The number of rotatable bonds is 3. The van der Waals surface area contributed by atoms with Crippen molar-refractivity contribution in [2.45, 2.75) is 19.4 Å². The van der Waals surface area contributed by atoms with Crippen molar-refractivity contribution in [2.75, 3.05) is 26.2 Å². The van der Waals surface area contributed by atoms with Gasteiger partial charge in [0.05, 0.1) is 0 Å². The van der Waals surface area contributed by atoms with E-state index in [4.69, 9.17) is 11.6 Å². The molecule has 1 heterocycles. The third-order valence-electron chi connectivity index (χ3n) is 3.30. The largest absolute Gasteiger partial charge is 0.314 e. The van der Waals surface area contributed by atoms with E-state index in [1.54, 1.807) is 12.1 Å². The van der Waals surface area contributed by atoms with Gasteiger partial charge in [-0.3, -0.25) is 4.90 Å². The molecule has 2 nitrogen and oxygen atoms in total. The molecule has 0 saturated carbocycles. The Labute approximate surface area is 107 Å². The number of benzene rings is 1. The highest BCUT2D eigenvalue weighted by Crippen LogP contribution is 2.28. The van der Waals surface area contributed by atoms with Crippen molar-refractivity contribution in [3.8, 4) is 0 Å². The zero-order valence-electron chi connectivity index (χ0n) is 10.0. The molecule has 0 aliphatic carbocycles. The van der Waals surface area contributed by atoms with Gasteiger partial charge in [-0.1, -0.05) is 18.5 Å². The third-order valence-corrected chi connectivity index (χ3v) is 3.53. The van der Waals surface area contributed by atoms with Crippen LogP contribution in [0.1, 0.15) is 24.9 Å². The predicted octanol–water partition coefficient (Wildman–Crippen LogP) is 2.84. The van der Waals surface area contributed by atoms with Gasteiger partial charge in [-0.05, 0) is 24.6 Å². The van der Waals surface area contributed by atoms with Crippen LogP contribution in [0.5, 0.6) is 0 Å². The number of nitrogens with one attached hydrogen (secondary N) is 1. The van der Waals surface area contributed by atoms with Crippen LogP contribution in [0.25, 0.3) is 0 Å². The Hall–Kier alpha value is -0.640. The lowest BCUT2D eigenvalue weighted by atomic mass is 10.0. The second-order valence-electron chi connectivity index (χ2n) is 4.38. The maximum absolute atomic E-state index is 13.9. The molecule has 94 valence electrons. The lowest BCUT2D eigenvalue weighted by Crippen LogP contribution is -2.45. The Kier molecular flexibility index (Phi) is 4.37. The van der Waals surface area contributed by atoms with Crippen LogP contribution in [0, 0.1) is 5.82 Å². The molecule has 1 aromatic carbocycles. The van der Waals surface area contributed by atoms with Crippen LogP contribution in [0.4, 0.5) is 4.39 Å². The Bertz CT molecular complexity index is 378. The van der Waals surface area contributed by atoms with E-state index in [2.05, 4.69) is 17.1 Å². The minimum atomic E-state index is -0.153. The van der Waals surface area contributed by atoms with Crippen molar-refractivity contribution in [1.82, 2.24) is 10.2 Å². The summed E-state index contributed by atoms with van der Waals surface area (Å²) < 4.78 is 13.9. The topological polar surface area (TPSA) is 15.3 Å². The van der Waals surface area contributed by atoms with Gasteiger partial charge >= 0.3 is 0 Å². The molecular formula is C13H18ClFN2. The first-order valence-electron chi connectivity index (χ1n) is 6.12. The highest BCUT2D eigenvalue weighted by Gasteiger charge is 2.23. The zero-order chi connectivity index (χ0) is 12.3. The quantitative estimate of drug-likeness (QED) is 0.895. The molecule has 1 aromatic rings. The Balaban J connectivity index is 2.24. The van der Waals surface area contributed by atoms with E-state index >= 15 is 0 Å². The van der Waals surface area contributed by atoms with Crippen molar-refractivity contribution in [1.29, 1.82) is 0 Å². The molecule has 0 unspecified atom stereocenters. The summed E-state index contributed by atoms with van der Waals surface area (Å²) in [6.07, 6.45) is 0.900. The highest BCUT2D eigenvalue weighted by atomic mass is 35.5. The molecule has 4 heteroatoms. The summed E-state index contributed by atoms with van der Waals surface area (Å²) in [6, 6.07) is 4.95. The molecule has 0 radical (unpaired) electrons. The summed E-state index contributed by atoms with van der Waals surface area (Å²) >= 11 is 5.96. The molecule has 1 saturated heterocycles. The van der Waals surface area contributed by atoms with E-state index in [9.17, 15) is 4.39 Å². The molecule has 2 rings (SSSR count). The fraction of sp³-hybridized carbons (Fsp3) is 0.538. The Morgan fingerprint density at radius 1 is 1.41 bits per heavy atom. The van der Waals surface area contributed by atoms with Gasteiger partial charge in [0.2, 0.25) is 0 Å². The Morgan fingerprint density at radius 2 is 2.12 bits per heavy atom. The smallest absolute Gasteiger partial charge is 0.128 e. The van der Waals surface area contributed by atoms with Crippen molar-refractivity contribution in [3.05, 3.63) is 34.6 Å². The van der Waals surface area contributed by atoms with E-state index in [1.165, 1.54) is 6.07 Å². The fourth-order valence-corrected chi connectivity index (χ4v) is 2.62. The van der Waals surface area contributed by atoms with Gasteiger partial charge in [0.25, 0.3) is 0 Å². The van der Waals surface area contributed by atoms with Crippen LogP contribution < -0.4 is 5.32 Å². The molecule has 0 bridgehead atoms. The summed E-state index contributed by atoms with van der Waals surface area (Å²) in [5.41, 5.74) is 0.724. The first-order valence-corrected chi connectivity index (χ1v) is 6.50. The average Bonchev–Trinajstić information content (AvgIpc) is 2.36. The number of piperazine rings is 1. The Morgan fingerprint density at radius 3 is 2.76 bits per heavy atom. The summed E-state index contributed by atoms with van der Waals surface area (Å²) in [4.78, 5) is 2.32. The lowest BCUT2D eigenvalue weighted by Gasteiger charge is -2.34. The molecule has 1 aliphatic heterocycles. The fourth-order valence-electron chi connectivity index (χ4n) is 2.44. The standard InChI is InChI=1S/C13H18ClFN2/c1-2-13(17-7-5-16-6-8-17)11-9-10(14)3-4-12(11)15/h3-4,9,13,16H,2,5-8H2,1H3/t13-/m1/s1. The van der Waals surface area contributed by atoms with Crippen molar-refractivity contribution < 1.29 is 4.39 Å². The zero-order valence-corrected chi connectivity index (χ0v) is 10.8. The molecule has 0 amide bonds. The first-order chi connectivity index (χ1) is 8.22. The van der Waals surface area contributed by atoms with Gasteiger partial charge in [-0.15, -0.1) is 0 Å². The molecule has 17 heavy (non-hydrogen) atoms. The van der Waals surface area contributed by atoms with Crippen molar-refractivity contribution in [3.63, 3.8) is 0 Å². The third kappa shape index (κ3) is 2.97. The van der Waals surface area contributed by atoms with Crippen LogP contribution in [-0.4, -0.2) is 31.1 Å². The summed E-state index contributed by atoms with van der Waals surface area (Å²) in [6.45, 7) is 5.96. The summed E-state index contributed by atoms with van der Waals surface area (Å²) in [7, 11) is 0. The lowest BCUT2D eigenvalue weighted by molar-refractivity contribution is 0.166. The van der Waals surface area contributed by atoms with Gasteiger partial charge < -0.3 is 5.32 Å². The predicted molar refractivity (Wildman–Crippen MR) is 68.9 cm³/mol. The van der Waals surface area contributed by atoms with E-state index in [0.29, 0.717) is 5.02 Å². The monoisotopic (exact) mass is 256 g/mol. The second kappa shape index (κ2) is 5.80. The summed E-state index contributed by atoms with van der Waals surface area (Å²) in [5, 5.41) is 3.92. The van der Waals surface area contributed by atoms with E-state index in [-0.39, 0.29) is 11.9 Å². The first kappa shape index (κ1) is 12.8. The van der Waals surface area contributed by atoms with Crippen LogP contribution in [-0.2, 0) is 0 Å².